The summed E-state index contributed by atoms with van der Waals surface area (Å²) < 4.78 is 39.5. The van der Waals surface area contributed by atoms with Gasteiger partial charge in [0.05, 0.1) is 23.4 Å². The number of thiazole rings is 1. The summed E-state index contributed by atoms with van der Waals surface area (Å²) in [5.74, 6) is 0.438. The van der Waals surface area contributed by atoms with E-state index < -0.39 is 15.9 Å². The van der Waals surface area contributed by atoms with E-state index in [4.69, 9.17) is 9.47 Å². The van der Waals surface area contributed by atoms with Gasteiger partial charge in [0.2, 0.25) is 0 Å². The Balaban J connectivity index is 1.38. The topological polar surface area (TPSA) is 119 Å². The lowest BCUT2D eigenvalue weighted by Crippen LogP contribution is -2.20. The zero-order valence-corrected chi connectivity index (χ0v) is 23.0. The van der Waals surface area contributed by atoms with E-state index in [1.54, 1.807) is 43.4 Å². The summed E-state index contributed by atoms with van der Waals surface area (Å²) in [7, 11) is -0.453. The third-order valence-corrected chi connectivity index (χ3v) is 7.87. The van der Waals surface area contributed by atoms with Crippen molar-refractivity contribution in [3.63, 3.8) is 0 Å². The lowest BCUT2D eigenvalue weighted by atomic mass is 10.1. The molecule has 0 aliphatic rings. The van der Waals surface area contributed by atoms with Gasteiger partial charge in [-0.25, -0.2) is 13.4 Å². The van der Waals surface area contributed by atoms with E-state index >= 15 is 0 Å². The van der Waals surface area contributed by atoms with Crippen LogP contribution in [0.2, 0.25) is 0 Å². The van der Waals surface area contributed by atoms with Gasteiger partial charge in [-0.3, -0.25) is 9.52 Å². The summed E-state index contributed by atoms with van der Waals surface area (Å²) >= 11 is 4.79. The van der Waals surface area contributed by atoms with Crippen molar-refractivity contribution in [2.45, 2.75) is 4.90 Å². The Hall–Kier alpha value is -3.61. The molecule has 4 rings (SSSR count). The van der Waals surface area contributed by atoms with Crippen molar-refractivity contribution in [2.75, 3.05) is 36.1 Å². The molecule has 0 aliphatic heterocycles. The molecule has 0 unspecified atom stereocenters. The lowest BCUT2D eigenvalue weighted by molar-refractivity contribution is -0.118. The number of anilines is 3. The van der Waals surface area contributed by atoms with E-state index in [0.29, 0.717) is 22.9 Å². The van der Waals surface area contributed by atoms with Crippen molar-refractivity contribution in [1.29, 1.82) is 0 Å². The quantitative estimate of drug-likeness (QED) is 0.221. The molecular formula is C25H23BrN4O5S2. The van der Waals surface area contributed by atoms with Gasteiger partial charge in [0.15, 0.2) is 11.7 Å². The number of sulfonamides is 1. The molecule has 0 spiro atoms. The van der Waals surface area contributed by atoms with Crippen LogP contribution in [0.5, 0.6) is 11.5 Å². The number of nitrogens with one attached hydrogen (secondary N) is 3. The fourth-order valence-corrected chi connectivity index (χ4v) is 5.27. The van der Waals surface area contributed by atoms with Crippen LogP contribution in [-0.2, 0) is 14.8 Å². The Bertz CT molecular complexity index is 1490. The van der Waals surface area contributed by atoms with Gasteiger partial charge in [-0.05, 0) is 66.7 Å². The Morgan fingerprint density at radius 1 is 1.05 bits per heavy atom. The highest BCUT2D eigenvalue weighted by molar-refractivity contribution is 9.10. The Morgan fingerprint density at radius 2 is 1.78 bits per heavy atom. The van der Waals surface area contributed by atoms with Gasteiger partial charge in [-0.2, -0.15) is 0 Å². The van der Waals surface area contributed by atoms with Crippen LogP contribution in [0.25, 0.3) is 11.3 Å². The van der Waals surface area contributed by atoms with Crippen molar-refractivity contribution in [1.82, 2.24) is 4.98 Å². The Labute approximate surface area is 227 Å². The zero-order valence-electron chi connectivity index (χ0n) is 19.8. The fourth-order valence-electron chi connectivity index (χ4n) is 3.27. The van der Waals surface area contributed by atoms with Gasteiger partial charge in [0.25, 0.3) is 15.9 Å². The molecule has 192 valence electrons. The number of hydrogen-bond donors (Lipinski definition) is 3. The number of rotatable bonds is 10. The number of hydrogen-bond acceptors (Lipinski definition) is 8. The number of ether oxygens (including phenoxy) is 2. The normalized spacial score (nSPS) is 11.0. The fraction of sp³-hybridized carbons (Fsp3) is 0.120. The van der Waals surface area contributed by atoms with Crippen LogP contribution in [0.1, 0.15) is 0 Å². The average Bonchev–Trinajstić information content (AvgIpc) is 3.38. The summed E-state index contributed by atoms with van der Waals surface area (Å²) in [5, 5.41) is 8.49. The van der Waals surface area contributed by atoms with Crippen LogP contribution in [0.3, 0.4) is 0 Å². The first kappa shape index (κ1) is 26.5. The molecule has 1 aromatic heterocycles. The van der Waals surface area contributed by atoms with Gasteiger partial charge in [0, 0.05) is 28.2 Å². The van der Waals surface area contributed by atoms with Crippen LogP contribution < -0.4 is 24.8 Å². The molecule has 37 heavy (non-hydrogen) atoms. The number of aromatic nitrogens is 1. The van der Waals surface area contributed by atoms with E-state index in [1.165, 1.54) is 42.7 Å². The first-order chi connectivity index (χ1) is 17.8. The third-order valence-electron chi connectivity index (χ3n) is 5.09. The van der Waals surface area contributed by atoms with Crippen LogP contribution in [0, 0.1) is 0 Å². The first-order valence-corrected chi connectivity index (χ1v) is 14.1. The Morgan fingerprint density at radius 3 is 2.43 bits per heavy atom. The number of nitrogens with zero attached hydrogens (tertiary/aromatic N) is 1. The van der Waals surface area contributed by atoms with E-state index in [0.717, 1.165) is 20.9 Å². The number of halogens is 1. The summed E-state index contributed by atoms with van der Waals surface area (Å²) in [6.45, 7) is -0.281. The maximum atomic E-state index is 12.6. The average molecular weight is 604 g/mol. The van der Waals surface area contributed by atoms with Gasteiger partial charge in [0.1, 0.15) is 11.5 Å². The molecule has 0 aliphatic carbocycles. The van der Waals surface area contributed by atoms with Crippen molar-refractivity contribution < 1.29 is 22.7 Å². The smallest absolute Gasteiger partial charge is 0.262 e. The SMILES string of the molecule is CNc1nc(-c2ccc(OC)c(NC(=O)COc3ccc(S(=O)(=O)Nc4ccc(Br)cc4)cc3)c2)cs1. The van der Waals surface area contributed by atoms with E-state index in [9.17, 15) is 13.2 Å². The van der Waals surface area contributed by atoms with Gasteiger partial charge < -0.3 is 20.1 Å². The molecule has 3 N–H and O–H groups in total. The minimum absolute atomic E-state index is 0.0669. The predicted molar refractivity (Wildman–Crippen MR) is 149 cm³/mol. The molecule has 0 saturated heterocycles. The van der Waals surface area contributed by atoms with Crippen molar-refractivity contribution in [3.05, 3.63) is 76.6 Å². The second kappa shape index (κ2) is 11.6. The summed E-state index contributed by atoms with van der Waals surface area (Å²) in [6, 6.07) is 18.0. The predicted octanol–water partition coefficient (Wildman–Crippen LogP) is 5.44. The summed E-state index contributed by atoms with van der Waals surface area (Å²) in [4.78, 5) is 17.1. The van der Waals surface area contributed by atoms with Crippen LogP contribution in [0.4, 0.5) is 16.5 Å². The monoisotopic (exact) mass is 602 g/mol. The van der Waals surface area contributed by atoms with Crippen molar-refractivity contribution in [2.24, 2.45) is 0 Å². The molecule has 1 heterocycles. The molecule has 1 amide bonds. The standard InChI is InChI=1S/C25H23BrN4O5S2/c1-27-25-29-22(15-36-25)16-3-12-23(34-2)21(13-16)28-24(31)14-35-19-8-10-20(11-9-19)37(32,33)30-18-6-4-17(26)5-7-18/h3-13,15,30H,14H2,1-2H3,(H,27,29)(H,28,31). The molecule has 4 aromatic rings. The number of carbonyl (C=O) groups excluding carboxylic acids is 1. The van der Waals surface area contributed by atoms with Crippen molar-refractivity contribution in [3.8, 4) is 22.8 Å². The first-order valence-electron chi connectivity index (χ1n) is 10.9. The van der Waals surface area contributed by atoms with Gasteiger partial charge in [-0.15, -0.1) is 11.3 Å². The maximum absolute atomic E-state index is 12.6. The molecule has 0 atom stereocenters. The minimum Gasteiger partial charge on any atom is -0.495 e. The highest BCUT2D eigenvalue weighted by Crippen LogP contribution is 2.32. The number of methoxy groups -OCH3 is 1. The van der Waals surface area contributed by atoms with E-state index in [1.807, 2.05) is 11.4 Å². The molecule has 0 bridgehead atoms. The second-order valence-corrected chi connectivity index (χ2v) is 11.1. The van der Waals surface area contributed by atoms with Gasteiger partial charge in [-0.1, -0.05) is 15.9 Å². The van der Waals surface area contributed by atoms with E-state index in [-0.39, 0.29) is 11.5 Å². The molecule has 12 heteroatoms. The zero-order chi connectivity index (χ0) is 26.4. The third kappa shape index (κ3) is 6.79. The molecule has 0 fully saturated rings. The summed E-state index contributed by atoms with van der Waals surface area (Å²) in [5.41, 5.74) is 2.52. The number of amides is 1. The molecular weight excluding hydrogens is 580 g/mol. The summed E-state index contributed by atoms with van der Waals surface area (Å²) in [6.07, 6.45) is 0. The number of carbonyl (C=O) groups is 1. The van der Waals surface area contributed by atoms with Crippen LogP contribution >= 0.6 is 27.3 Å². The van der Waals surface area contributed by atoms with Crippen LogP contribution in [0.15, 0.2) is 81.5 Å². The molecule has 3 aromatic carbocycles. The van der Waals surface area contributed by atoms with E-state index in [2.05, 4.69) is 36.3 Å². The molecule has 0 radical (unpaired) electrons. The second-order valence-electron chi connectivity index (χ2n) is 7.62. The van der Waals surface area contributed by atoms with Gasteiger partial charge >= 0.3 is 0 Å². The highest BCUT2D eigenvalue weighted by atomic mass is 79.9. The molecule has 0 saturated carbocycles. The largest absolute Gasteiger partial charge is 0.495 e. The minimum atomic E-state index is -3.77. The van der Waals surface area contributed by atoms with Crippen molar-refractivity contribution >= 4 is 59.7 Å². The highest BCUT2D eigenvalue weighted by Gasteiger charge is 2.15. The number of benzene rings is 3. The maximum Gasteiger partial charge on any atom is 0.262 e. The van der Waals surface area contributed by atoms with Crippen LogP contribution in [-0.4, -0.2) is 40.1 Å². The lowest BCUT2D eigenvalue weighted by Gasteiger charge is -2.13. The molecule has 9 nitrogen and oxygen atoms in total. The Kier molecular flexibility index (Phi) is 8.31.